The van der Waals surface area contributed by atoms with Crippen molar-refractivity contribution in [3.8, 4) is 0 Å². The van der Waals surface area contributed by atoms with Crippen LogP contribution >= 0.6 is 0 Å². The van der Waals surface area contributed by atoms with Crippen LogP contribution in [0.1, 0.15) is 47.4 Å². The summed E-state index contributed by atoms with van der Waals surface area (Å²) in [5.41, 5.74) is 3.32. The summed E-state index contributed by atoms with van der Waals surface area (Å²) in [6.07, 6.45) is 3.34. The Morgan fingerprint density at radius 3 is 2.74 bits per heavy atom. The highest BCUT2D eigenvalue weighted by molar-refractivity contribution is 5.95. The normalized spacial score (nSPS) is 15.1. The van der Waals surface area contributed by atoms with E-state index in [4.69, 9.17) is 0 Å². The molecule has 0 radical (unpaired) electrons. The van der Waals surface area contributed by atoms with Crippen molar-refractivity contribution in [1.29, 1.82) is 0 Å². The van der Waals surface area contributed by atoms with E-state index in [1.165, 1.54) is 12.3 Å². The number of hydrogen-bond donors (Lipinski definition) is 2. The minimum atomic E-state index is -0.351. The molecule has 1 amide bonds. The van der Waals surface area contributed by atoms with Gasteiger partial charge >= 0.3 is 0 Å². The molecule has 0 saturated heterocycles. The van der Waals surface area contributed by atoms with Gasteiger partial charge in [-0.05, 0) is 56.5 Å². The molecule has 0 bridgehead atoms. The van der Waals surface area contributed by atoms with Crippen LogP contribution in [0.3, 0.4) is 0 Å². The van der Waals surface area contributed by atoms with E-state index in [9.17, 15) is 9.18 Å². The van der Waals surface area contributed by atoms with E-state index >= 15 is 0 Å². The Labute approximate surface area is 135 Å². The quantitative estimate of drug-likeness (QED) is 0.887. The van der Waals surface area contributed by atoms with E-state index in [1.807, 2.05) is 32.0 Å². The van der Waals surface area contributed by atoms with Gasteiger partial charge in [0.1, 0.15) is 5.82 Å². The number of anilines is 1. The highest BCUT2D eigenvalue weighted by Gasteiger charge is 2.24. The van der Waals surface area contributed by atoms with Crippen molar-refractivity contribution >= 4 is 11.6 Å². The predicted octanol–water partition coefficient (Wildman–Crippen LogP) is 3.59. The number of aryl methyl sites for hydroxylation is 1. The molecule has 1 saturated carbocycles. The van der Waals surface area contributed by atoms with E-state index in [2.05, 4.69) is 15.6 Å². The van der Waals surface area contributed by atoms with Gasteiger partial charge in [-0.2, -0.15) is 0 Å². The molecule has 1 aromatic carbocycles. The van der Waals surface area contributed by atoms with Crippen LogP contribution < -0.4 is 10.6 Å². The highest BCUT2D eigenvalue weighted by Crippen LogP contribution is 2.24. The van der Waals surface area contributed by atoms with Crippen LogP contribution in [0.4, 0.5) is 10.1 Å². The Morgan fingerprint density at radius 1 is 1.30 bits per heavy atom. The van der Waals surface area contributed by atoms with E-state index in [1.54, 1.807) is 6.07 Å². The van der Waals surface area contributed by atoms with Crippen LogP contribution in [0.15, 0.2) is 36.5 Å². The van der Waals surface area contributed by atoms with Crippen LogP contribution in [0.25, 0.3) is 0 Å². The third-order valence-electron chi connectivity index (χ3n) is 3.98. The van der Waals surface area contributed by atoms with Gasteiger partial charge in [0.15, 0.2) is 0 Å². The number of aromatic nitrogens is 1. The average Bonchev–Trinajstić information content (AvgIpc) is 3.34. The Balaban J connectivity index is 1.75. The summed E-state index contributed by atoms with van der Waals surface area (Å²) in [6.45, 7) is 3.94. The van der Waals surface area contributed by atoms with Crippen LogP contribution in [0.2, 0.25) is 0 Å². The zero-order valence-electron chi connectivity index (χ0n) is 13.3. The lowest BCUT2D eigenvalue weighted by atomic mass is 10.1. The van der Waals surface area contributed by atoms with Crippen molar-refractivity contribution in [1.82, 2.24) is 10.3 Å². The SMILES string of the molecule is Cc1ccc(C(=O)NC2CC2)cc1N[C@H](C)c1ccc(F)cn1. The molecule has 1 fully saturated rings. The Hall–Kier alpha value is -2.43. The number of nitrogens with one attached hydrogen (secondary N) is 2. The number of carbonyl (C=O) groups excluding carboxylic acids is 1. The average molecular weight is 313 g/mol. The molecule has 120 valence electrons. The Kier molecular flexibility index (Phi) is 4.28. The number of amides is 1. The molecule has 1 atom stereocenters. The predicted molar refractivity (Wildman–Crippen MR) is 87.9 cm³/mol. The van der Waals surface area contributed by atoms with E-state index in [0.29, 0.717) is 11.6 Å². The van der Waals surface area contributed by atoms with Gasteiger partial charge < -0.3 is 10.6 Å². The maximum absolute atomic E-state index is 13.0. The number of hydrogen-bond acceptors (Lipinski definition) is 3. The fourth-order valence-electron chi connectivity index (χ4n) is 2.37. The van der Waals surface area contributed by atoms with Crippen molar-refractivity contribution in [2.24, 2.45) is 0 Å². The number of benzene rings is 1. The summed E-state index contributed by atoms with van der Waals surface area (Å²) >= 11 is 0. The zero-order valence-corrected chi connectivity index (χ0v) is 13.3. The number of carbonyl (C=O) groups is 1. The molecule has 0 unspecified atom stereocenters. The molecule has 23 heavy (non-hydrogen) atoms. The van der Waals surface area contributed by atoms with Gasteiger partial charge in [0.2, 0.25) is 0 Å². The smallest absolute Gasteiger partial charge is 0.251 e. The van der Waals surface area contributed by atoms with Gasteiger partial charge in [0.05, 0.1) is 17.9 Å². The molecule has 0 aliphatic heterocycles. The summed E-state index contributed by atoms with van der Waals surface area (Å²) in [6, 6.07) is 8.92. The lowest BCUT2D eigenvalue weighted by Crippen LogP contribution is -2.25. The van der Waals surface area contributed by atoms with E-state index in [-0.39, 0.29) is 17.8 Å². The number of nitrogens with zero attached hydrogens (tertiary/aromatic N) is 1. The molecular formula is C18H20FN3O. The highest BCUT2D eigenvalue weighted by atomic mass is 19.1. The lowest BCUT2D eigenvalue weighted by molar-refractivity contribution is 0.0951. The second kappa shape index (κ2) is 6.36. The van der Waals surface area contributed by atoms with Gasteiger partial charge in [-0.3, -0.25) is 9.78 Å². The molecule has 3 rings (SSSR count). The van der Waals surface area contributed by atoms with Crippen molar-refractivity contribution in [2.45, 2.75) is 38.8 Å². The molecule has 1 aromatic heterocycles. The van der Waals surface area contributed by atoms with Crippen molar-refractivity contribution < 1.29 is 9.18 Å². The first-order chi connectivity index (χ1) is 11.0. The fourth-order valence-corrected chi connectivity index (χ4v) is 2.37. The molecule has 4 nitrogen and oxygen atoms in total. The number of pyridine rings is 1. The number of halogens is 1. The van der Waals surface area contributed by atoms with Crippen LogP contribution in [-0.2, 0) is 0 Å². The lowest BCUT2D eigenvalue weighted by Gasteiger charge is -2.17. The first-order valence-electron chi connectivity index (χ1n) is 7.82. The summed E-state index contributed by atoms with van der Waals surface area (Å²) in [4.78, 5) is 16.3. The van der Waals surface area contributed by atoms with Crippen molar-refractivity contribution in [3.05, 3.63) is 59.2 Å². The Bertz CT molecular complexity index is 711. The molecule has 1 aliphatic rings. The maximum atomic E-state index is 13.0. The van der Waals surface area contributed by atoms with Gasteiger partial charge in [0.25, 0.3) is 5.91 Å². The molecule has 2 aromatic rings. The summed E-state index contributed by atoms with van der Waals surface area (Å²) in [7, 11) is 0. The standard InChI is InChI=1S/C18H20FN3O/c1-11-3-4-13(18(23)22-15-6-7-15)9-17(11)21-12(2)16-8-5-14(19)10-20-16/h3-5,8-10,12,15,21H,6-7H2,1-2H3,(H,22,23)/t12-/m1/s1. The Morgan fingerprint density at radius 2 is 2.09 bits per heavy atom. The second-order valence-corrected chi connectivity index (χ2v) is 6.04. The zero-order chi connectivity index (χ0) is 16.4. The number of rotatable bonds is 5. The molecule has 5 heteroatoms. The van der Waals surface area contributed by atoms with Gasteiger partial charge in [0, 0.05) is 17.3 Å². The molecule has 0 spiro atoms. The van der Waals surface area contributed by atoms with Gasteiger partial charge in [-0.1, -0.05) is 6.07 Å². The van der Waals surface area contributed by atoms with Crippen molar-refractivity contribution in [3.63, 3.8) is 0 Å². The third-order valence-corrected chi connectivity index (χ3v) is 3.98. The largest absolute Gasteiger partial charge is 0.377 e. The maximum Gasteiger partial charge on any atom is 0.251 e. The summed E-state index contributed by atoms with van der Waals surface area (Å²) in [5.74, 6) is -0.390. The molecule has 1 heterocycles. The van der Waals surface area contributed by atoms with Crippen LogP contribution in [0, 0.1) is 12.7 Å². The first kappa shape index (κ1) is 15.5. The van der Waals surface area contributed by atoms with E-state index < -0.39 is 0 Å². The van der Waals surface area contributed by atoms with Crippen molar-refractivity contribution in [2.75, 3.05) is 5.32 Å². The minimum Gasteiger partial charge on any atom is -0.377 e. The molecule has 2 N–H and O–H groups in total. The van der Waals surface area contributed by atoms with Gasteiger partial charge in [-0.25, -0.2) is 4.39 Å². The third kappa shape index (κ3) is 3.86. The van der Waals surface area contributed by atoms with Gasteiger partial charge in [-0.15, -0.1) is 0 Å². The summed E-state index contributed by atoms with van der Waals surface area (Å²) in [5, 5.41) is 6.33. The second-order valence-electron chi connectivity index (χ2n) is 6.04. The fraction of sp³-hybridized carbons (Fsp3) is 0.333. The topological polar surface area (TPSA) is 54.0 Å². The minimum absolute atomic E-state index is 0.0388. The monoisotopic (exact) mass is 313 g/mol. The van der Waals surface area contributed by atoms with E-state index in [0.717, 1.165) is 29.8 Å². The summed E-state index contributed by atoms with van der Waals surface area (Å²) < 4.78 is 13.0. The molecule has 1 aliphatic carbocycles. The molecular weight excluding hydrogens is 293 g/mol. The van der Waals surface area contributed by atoms with Crippen LogP contribution in [0.5, 0.6) is 0 Å². The van der Waals surface area contributed by atoms with Crippen LogP contribution in [-0.4, -0.2) is 16.9 Å². The first-order valence-corrected chi connectivity index (χ1v) is 7.82.